The molecule has 3 rings (SSSR count). The zero-order chi connectivity index (χ0) is 31.7. The fourth-order valence-electron chi connectivity index (χ4n) is 4.24. The van der Waals surface area contributed by atoms with Gasteiger partial charge in [-0.05, 0) is 61.4 Å². The Balaban J connectivity index is 2.13. The van der Waals surface area contributed by atoms with Gasteiger partial charge in [0.25, 0.3) is 10.0 Å². The van der Waals surface area contributed by atoms with Gasteiger partial charge in [0.1, 0.15) is 18.3 Å². The third-order valence-corrected chi connectivity index (χ3v) is 9.13. The SMILES string of the molecule is CCCNC(=O)C(C)N(Cc1ccc(Br)cc1)C(=O)CN(c1cc(Cl)ccc1OC)S(=O)(=O)c1ccc(OC)c(OC)c1. The molecule has 0 radical (unpaired) electrons. The summed E-state index contributed by atoms with van der Waals surface area (Å²) in [5, 5.41) is 3.05. The number of methoxy groups -OCH3 is 3. The zero-order valence-corrected chi connectivity index (χ0v) is 27.8. The largest absolute Gasteiger partial charge is 0.495 e. The average Bonchev–Trinajstić information content (AvgIpc) is 3.01. The minimum atomic E-state index is -4.42. The summed E-state index contributed by atoms with van der Waals surface area (Å²) in [5.41, 5.74) is 0.797. The van der Waals surface area contributed by atoms with Crippen molar-refractivity contribution in [3.05, 3.63) is 75.7 Å². The topological polar surface area (TPSA) is 114 Å². The van der Waals surface area contributed by atoms with Crippen LogP contribution in [0.2, 0.25) is 5.02 Å². The van der Waals surface area contributed by atoms with Crippen LogP contribution in [0.5, 0.6) is 17.2 Å². The number of nitrogens with one attached hydrogen (secondary N) is 1. The van der Waals surface area contributed by atoms with Gasteiger partial charge >= 0.3 is 0 Å². The molecule has 0 spiro atoms. The van der Waals surface area contributed by atoms with Crippen LogP contribution >= 0.6 is 27.5 Å². The van der Waals surface area contributed by atoms with Crippen LogP contribution in [0.15, 0.2) is 70.0 Å². The van der Waals surface area contributed by atoms with Crippen molar-refractivity contribution in [2.75, 3.05) is 38.7 Å². The molecule has 0 aliphatic heterocycles. The first-order valence-corrected chi connectivity index (χ1v) is 16.0. The van der Waals surface area contributed by atoms with Gasteiger partial charge in [0.15, 0.2) is 11.5 Å². The Labute approximate surface area is 266 Å². The van der Waals surface area contributed by atoms with Crippen molar-refractivity contribution in [1.29, 1.82) is 0 Å². The first kappa shape index (κ1) is 34.0. The fraction of sp³-hybridized carbons (Fsp3) is 0.333. The molecule has 1 N–H and O–H groups in total. The number of hydrogen-bond donors (Lipinski definition) is 1. The molecule has 10 nitrogen and oxygen atoms in total. The molecule has 0 aromatic heterocycles. The number of halogens is 2. The minimum Gasteiger partial charge on any atom is -0.495 e. The van der Waals surface area contributed by atoms with Gasteiger partial charge in [-0.2, -0.15) is 0 Å². The van der Waals surface area contributed by atoms with E-state index in [0.717, 1.165) is 14.3 Å². The lowest BCUT2D eigenvalue weighted by Crippen LogP contribution is -2.51. The maximum atomic E-state index is 14.3. The highest BCUT2D eigenvalue weighted by Gasteiger charge is 2.34. The van der Waals surface area contributed by atoms with Gasteiger partial charge in [-0.1, -0.05) is 46.6 Å². The van der Waals surface area contributed by atoms with Crippen LogP contribution in [0.25, 0.3) is 0 Å². The highest BCUT2D eigenvalue weighted by Crippen LogP contribution is 2.37. The van der Waals surface area contributed by atoms with Crippen LogP contribution in [-0.4, -0.2) is 65.6 Å². The van der Waals surface area contributed by atoms with E-state index in [1.54, 1.807) is 13.0 Å². The number of sulfonamides is 1. The molecule has 1 unspecified atom stereocenters. The summed E-state index contributed by atoms with van der Waals surface area (Å²) in [6, 6.07) is 15.0. The smallest absolute Gasteiger partial charge is 0.265 e. The molecule has 0 heterocycles. The van der Waals surface area contributed by atoms with Gasteiger partial charge in [0.05, 0.1) is 31.9 Å². The second kappa shape index (κ2) is 15.3. The summed E-state index contributed by atoms with van der Waals surface area (Å²) in [6.07, 6.45) is 0.713. The Morgan fingerprint density at radius 1 is 0.930 bits per heavy atom. The summed E-state index contributed by atoms with van der Waals surface area (Å²) in [6.45, 7) is 3.36. The summed E-state index contributed by atoms with van der Waals surface area (Å²) in [4.78, 5) is 28.3. The molecule has 13 heteroatoms. The predicted molar refractivity (Wildman–Crippen MR) is 170 cm³/mol. The van der Waals surface area contributed by atoms with Crippen LogP contribution in [-0.2, 0) is 26.2 Å². The molecule has 3 aromatic rings. The first-order chi connectivity index (χ1) is 20.5. The Morgan fingerprint density at radius 3 is 2.16 bits per heavy atom. The molecule has 0 fully saturated rings. The van der Waals surface area contributed by atoms with E-state index in [2.05, 4.69) is 21.2 Å². The lowest BCUT2D eigenvalue weighted by molar-refractivity contribution is -0.139. The van der Waals surface area contributed by atoms with Crippen molar-refractivity contribution < 1.29 is 32.2 Å². The predicted octanol–water partition coefficient (Wildman–Crippen LogP) is 5.27. The highest BCUT2D eigenvalue weighted by molar-refractivity contribution is 9.10. The van der Waals surface area contributed by atoms with Gasteiger partial charge in [-0.3, -0.25) is 13.9 Å². The average molecular weight is 697 g/mol. The van der Waals surface area contributed by atoms with Gasteiger partial charge in [-0.25, -0.2) is 8.42 Å². The molecule has 43 heavy (non-hydrogen) atoms. The van der Waals surface area contributed by atoms with Gasteiger partial charge < -0.3 is 24.4 Å². The molecule has 232 valence electrons. The van der Waals surface area contributed by atoms with Crippen LogP contribution in [0, 0.1) is 0 Å². The van der Waals surface area contributed by atoms with Gasteiger partial charge in [-0.15, -0.1) is 0 Å². The second-order valence-electron chi connectivity index (χ2n) is 9.46. The number of hydrogen-bond acceptors (Lipinski definition) is 7. The Kier molecular flexibility index (Phi) is 12.1. The summed E-state index contributed by atoms with van der Waals surface area (Å²) >= 11 is 9.70. The quantitative estimate of drug-likeness (QED) is 0.245. The molecular formula is C30H35BrClN3O7S. The van der Waals surface area contributed by atoms with Crippen molar-refractivity contribution in [1.82, 2.24) is 10.2 Å². The van der Waals surface area contributed by atoms with E-state index in [-0.39, 0.29) is 39.6 Å². The number of rotatable bonds is 14. The molecule has 2 amide bonds. The lowest BCUT2D eigenvalue weighted by Gasteiger charge is -2.32. The zero-order valence-electron chi connectivity index (χ0n) is 24.6. The molecular weight excluding hydrogens is 662 g/mol. The van der Waals surface area contributed by atoms with Gasteiger partial charge in [0.2, 0.25) is 11.8 Å². The molecule has 0 aliphatic carbocycles. The summed E-state index contributed by atoms with van der Waals surface area (Å²) in [7, 11) is -0.213. The molecule has 0 saturated carbocycles. The number of anilines is 1. The summed E-state index contributed by atoms with van der Waals surface area (Å²) < 4.78 is 46.3. The van der Waals surface area contributed by atoms with Crippen molar-refractivity contribution in [3.63, 3.8) is 0 Å². The fourth-order valence-corrected chi connectivity index (χ4v) is 6.10. The van der Waals surface area contributed by atoms with E-state index in [1.165, 1.54) is 56.6 Å². The minimum absolute atomic E-state index is 0.0461. The van der Waals surface area contributed by atoms with Crippen LogP contribution < -0.4 is 23.8 Å². The molecule has 0 saturated heterocycles. The van der Waals surface area contributed by atoms with Gasteiger partial charge in [0, 0.05) is 28.7 Å². The van der Waals surface area contributed by atoms with Crippen LogP contribution in [0.4, 0.5) is 5.69 Å². The van der Waals surface area contributed by atoms with E-state index >= 15 is 0 Å². The molecule has 3 aromatic carbocycles. The van der Waals surface area contributed by atoms with Crippen molar-refractivity contribution in [2.45, 2.75) is 37.8 Å². The number of amides is 2. The van der Waals surface area contributed by atoms with E-state index in [4.69, 9.17) is 25.8 Å². The van der Waals surface area contributed by atoms with Crippen LogP contribution in [0.3, 0.4) is 0 Å². The second-order valence-corrected chi connectivity index (χ2v) is 12.7. The number of ether oxygens (including phenoxy) is 3. The monoisotopic (exact) mass is 695 g/mol. The highest BCUT2D eigenvalue weighted by atomic mass is 79.9. The third-order valence-electron chi connectivity index (χ3n) is 6.61. The van der Waals surface area contributed by atoms with E-state index in [9.17, 15) is 18.0 Å². The molecule has 1 atom stereocenters. The van der Waals surface area contributed by atoms with Crippen molar-refractivity contribution >= 4 is 55.1 Å². The third kappa shape index (κ3) is 8.33. The van der Waals surface area contributed by atoms with Crippen LogP contribution in [0.1, 0.15) is 25.8 Å². The number of benzene rings is 3. The van der Waals surface area contributed by atoms with E-state index in [0.29, 0.717) is 18.7 Å². The maximum Gasteiger partial charge on any atom is 0.265 e. The first-order valence-electron chi connectivity index (χ1n) is 13.4. The molecule has 0 bridgehead atoms. The van der Waals surface area contributed by atoms with E-state index < -0.39 is 28.5 Å². The lowest BCUT2D eigenvalue weighted by atomic mass is 10.1. The Hall–Kier alpha value is -3.48. The summed E-state index contributed by atoms with van der Waals surface area (Å²) in [5.74, 6) is -0.285. The number of nitrogens with zero attached hydrogens (tertiary/aromatic N) is 2. The Bertz CT molecular complexity index is 1540. The van der Waals surface area contributed by atoms with Crippen molar-refractivity contribution in [3.8, 4) is 17.2 Å². The Morgan fingerprint density at radius 2 is 1.56 bits per heavy atom. The number of carbonyl (C=O) groups excluding carboxylic acids is 2. The van der Waals surface area contributed by atoms with Crippen molar-refractivity contribution in [2.24, 2.45) is 0 Å². The number of carbonyl (C=O) groups is 2. The van der Waals surface area contributed by atoms with E-state index in [1.807, 2.05) is 31.2 Å². The maximum absolute atomic E-state index is 14.3. The standard InChI is InChI=1S/C30H35BrClN3O7S/c1-6-15-33-30(37)20(2)34(18-21-7-9-22(31)10-8-21)29(36)19-35(25-16-23(32)11-13-26(25)40-3)43(38,39)24-12-14-27(41-4)28(17-24)42-5/h7-14,16-17,20H,6,15,18-19H2,1-5H3,(H,33,37). The molecule has 0 aliphatic rings. The normalized spacial score (nSPS) is 11.8.